The van der Waals surface area contributed by atoms with E-state index in [9.17, 15) is 5.11 Å². The first-order valence-electron chi connectivity index (χ1n) is 6.36. The van der Waals surface area contributed by atoms with Crippen LogP contribution in [0.4, 0.5) is 0 Å². The van der Waals surface area contributed by atoms with E-state index < -0.39 is 6.10 Å². The molecule has 0 bridgehead atoms. The Morgan fingerprint density at radius 1 is 1.18 bits per heavy atom. The van der Waals surface area contributed by atoms with Crippen molar-refractivity contribution in [2.24, 2.45) is 0 Å². The highest BCUT2D eigenvalue weighted by atomic mass is 16.7. The highest BCUT2D eigenvalue weighted by Crippen LogP contribution is 2.28. The van der Waals surface area contributed by atoms with Gasteiger partial charge in [-0.2, -0.15) is 0 Å². The van der Waals surface area contributed by atoms with Gasteiger partial charge in [0.15, 0.2) is 6.29 Å². The summed E-state index contributed by atoms with van der Waals surface area (Å²) in [7, 11) is 0. The molecule has 1 fully saturated rings. The monoisotopic (exact) mass is 234 g/mol. The number of ether oxygens (including phenoxy) is 2. The molecule has 1 aromatic rings. The molecule has 0 saturated carbocycles. The van der Waals surface area contributed by atoms with Gasteiger partial charge in [0, 0.05) is 6.42 Å². The van der Waals surface area contributed by atoms with E-state index in [4.69, 9.17) is 9.47 Å². The molecule has 0 aromatic heterocycles. The molecule has 1 aliphatic carbocycles. The molecule has 3 heteroatoms. The van der Waals surface area contributed by atoms with Crippen LogP contribution < -0.4 is 0 Å². The zero-order valence-corrected chi connectivity index (χ0v) is 9.89. The summed E-state index contributed by atoms with van der Waals surface area (Å²) in [4.78, 5) is 0. The Labute approximate surface area is 101 Å². The van der Waals surface area contributed by atoms with Gasteiger partial charge in [0.2, 0.25) is 0 Å². The second kappa shape index (κ2) is 4.77. The van der Waals surface area contributed by atoms with Gasteiger partial charge in [-0.3, -0.25) is 0 Å². The fourth-order valence-electron chi connectivity index (χ4n) is 2.66. The first-order valence-corrected chi connectivity index (χ1v) is 6.36. The Bertz CT molecular complexity index is 396. The quantitative estimate of drug-likeness (QED) is 0.869. The maximum absolute atomic E-state index is 10.2. The smallest absolute Gasteiger partial charge is 0.160 e. The van der Waals surface area contributed by atoms with Crippen molar-refractivity contribution >= 4 is 0 Å². The van der Waals surface area contributed by atoms with Gasteiger partial charge < -0.3 is 14.6 Å². The number of aliphatic hydroxyl groups is 1. The van der Waals surface area contributed by atoms with Gasteiger partial charge >= 0.3 is 0 Å². The van der Waals surface area contributed by atoms with Crippen molar-refractivity contribution in [2.45, 2.75) is 38.1 Å². The van der Waals surface area contributed by atoms with Gasteiger partial charge in [0.25, 0.3) is 0 Å². The predicted octanol–water partition coefficient (Wildman–Crippen LogP) is 1.97. The van der Waals surface area contributed by atoms with Crippen molar-refractivity contribution in [3.63, 3.8) is 0 Å². The fraction of sp³-hybridized carbons (Fsp3) is 0.571. The summed E-state index contributed by atoms with van der Waals surface area (Å²) in [6.45, 7) is 1.28. The summed E-state index contributed by atoms with van der Waals surface area (Å²) in [5, 5.41) is 10.2. The minimum atomic E-state index is -0.482. The molecular weight excluding hydrogens is 216 g/mol. The Hall–Kier alpha value is -0.900. The van der Waals surface area contributed by atoms with Gasteiger partial charge in [-0.1, -0.05) is 18.2 Å². The second-order valence-corrected chi connectivity index (χ2v) is 4.80. The molecule has 1 atom stereocenters. The average molecular weight is 234 g/mol. The summed E-state index contributed by atoms with van der Waals surface area (Å²) in [6, 6.07) is 6.32. The average Bonchev–Trinajstić information content (AvgIpc) is 2.97. The van der Waals surface area contributed by atoms with Crippen LogP contribution in [0.3, 0.4) is 0 Å². The Morgan fingerprint density at radius 3 is 2.76 bits per heavy atom. The molecular formula is C14H18O3. The van der Waals surface area contributed by atoms with Gasteiger partial charge in [-0.15, -0.1) is 0 Å². The van der Waals surface area contributed by atoms with E-state index in [-0.39, 0.29) is 6.29 Å². The third kappa shape index (κ3) is 2.37. The molecule has 1 heterocycles. The molecule has 1 unspecified atom stereocenters. The summed E-state index contributed by atoms with van der Waals surface area (Å²) in [5.74, 6) is 0. The summed E-state index contributed by atoms with van der Waals surface area (Å²) < 4.78 is 10.7. The van der Waals surface area contributed by atoms with Crippen LogP contribution in [0.15, 0.2) is 18.2 Å². The first-order chi connectivity index (χ1) is 8.33. The van der Waals surface area contributed by atoms with E-state index in [0.717, 1.165) is 12.0 Å². The number of rotatable bonds is 3. The number of benzene rings is 1. The van der Waals surface area contributed by atoms with Gasteiger partial charge in [-0.05, 0) is 36.0 Å². The molecule has 1 N–H and O–H groups in total. The van der Waals surface area contributed by atoms with E-state index in [2.05, 4.69) is 12.1 Å². The van der Waals surface area contributed by atoms with E-state index in [0.29, 0.717) is 19.6 Å². The van der Waals surface area contributed by atoms with Crippen molar-refractivity contribution < 1.29 is 14.6 Å². The van der Waals surface area contributed by atoms with Crippen LogP contribution >= 0.6 is 0 Å². The summed E-state index contributed by atoms with van der Waals surface area (Å²) >= 11 is 0. The van der Waals surface area contributed by atoms with Crippen LogP contribution in [0.5, 0.6) is 0 Å². The van der Waals surface area contributed by atoms with Crippen molar-refractivity contribution in [3.05, 3.63) is 34.9 Å². The van der Waals surface area contributed by atoms with Crippen LogP contribution in [0.25, 0.3) is 0 Å². The maximum Gasteiger partial charge on any atom is 0.160 e. The molecule has 2 aliphatic rings. The van der Waals surface area contributed by atoms with Gasteiger partial charge in [-0.25, -0.2) is 0 Å². The Kier molecular flexibility index (Phi) is 3.14. The van der Waals surface area contributed by atoms with Crippen molar-refractivity contribution in [2.75, 3.05) is 13.2 Å². The SMILES string of the molecule is OC(CC1OCCO1)c1ccc2c(c1)CCC2. The zero-order valence-electron chi connectivity index (χ0n) is 9.89. The molecule has 3 nitrogen and oxygen atoms in total. The molecule has 0 amide bonds. The highest BCUT2D eigenvalue weighted by Gasteiger charge is 2.22. The Balaban J connectivity index is 1.70. The van der Waals surface area contributed by atoms with Gasteiger partial charge in [0.05, 0.1) is 19.3 Å². The maximum atomic E-state index is 10.2. The standard InChI is InChI=1S/C14H18O3/c15-13(9-14-16-6-7-17-14)12-5-4-10-2-1-3-11(10)8-12/h4-5,8,13-15H,1-3,6-7,9H2. The Morgan fingerprint density at radius 2 is 1.94 bits per heavy atom. The molecule has 92 valence electrons. The number of hydrogen-bond acceptors (Lipinski definition) is 3. The molecule has 1 saturated heterocycles. The molecule has 0 radical (unpaired) electrons. The predicted molar refractivity (Wildman–Crippen MR) is 63.7 cm³/mol. The normalized spacial score (nSPS) is 21.7. The fourth-order valence-corrected chi connectivity index (χ4v) is 2.66. The lowest BCUT2D eigenvalue weighted by atomic mass is 10.0. The van der Waals surface area contributed by atoms with Crippen molar-refractivity contribution in [3.8, 4) is 0 Å². The molecule has 3 rings (SSSR count). The van der Waals surface area contributed by atoms with Crippen LogP contribution in [0.1, 0.15) is 35.6 Å². The summed E-state index contributed by atoms with van der Waals surface area (Å²) in [5.41, 5.74) is 3.83. The number of fused-ring (bicyclic) bond motifs is 1. The van der Waals surface area contributed by atoms with Crippen LogP contribution in [-0.2, 0) is 22.3 Å². The van der Waals surface area contributed by atoms with E-state index in [1.54, 1.807) is 0 Å². The first kappa shape index (κ1) is 11.2. The minimum Gasteiger partial charge on any atom is -0.388 e. The van der Waals surface area contributed by atoms with Gasteiger partial charge in [0.1, 0.15) is 0 Å². The lowest BCUT2D eigenvalue weighted by Gasteiger charge is -2.16. The third-order valence-electron chi connectivity index (χ3n) is 3.61. The van der Waals surface area contributed by atoms with E-state index >= 15 is 0 Å². The second-order valence-electron chi connectivity index (χ2n) is 4.80. The molecule has 17 heavy (non-hydrogen) atoms. The van der Waals surface area contributed by atoms with Crippen molar-refractivity contribution in [1.82, 2.24) is 0 Å². The summed E-state index contributed by atoms with van der Waals surface area (Å²) in [6.07, 6.45) is 3.37. The lowest BCUT2D eigenvalue weighted by molar-refractivity contribution is -0.0707. The number of aliphatic hydroxyl groups excluding tert-OH is 1. The third-order valence-corrected chi connectivity index (χ3v) is 3.61. The van der Waals surface area contributed by atoms with E-state index in [1.165, 1.54) is 24.0 Å². The zero-order chi connectivity index (χ0) is 11.7. The largest absolute Gasteiger partial charge is 0.388 e. The minimum absolute atomic E-state index is 0.238. The van der Waals surface area contributed by atoms with Crippen LogP contribution in [-0.4, -0.2) is 24.6 Å². The molecule has 1 aromatic carbocycles. The topological polar surface area (TPSA) is 38.7 Å². The van der Waals surface area contributed by atoms with Crippen LogP contribution in [0.2, 0.25) is 0 Å². The number of hydrogen-bond donors (Lipinski definition) is 1. The van der Waals surface area contributed by atoms with E-state index in [1.807, 2.05) is 6.07 Å². The number of aryl methyl sites for hydroxylation is 2. The molecule has 1 aliphatic heterocycles. The van der Waals surface area contributed by atoms with Crippen LogP contribution in [0, 0.1) is 0 Å². The van der Waals surface area contributed by atoms with Crippen molar-refractivity contribution in [1.29, 1.82) is 0 Å². The highest BCUT2D eigenvalue weighted by molar-refractivity contribution is 5.36. The lowest BCUT2D eigenvalue weighted by Crippen LogP contribution is -2.13. The molecule has 0 spiro atoms.